The number of carboxylic acids is 1. The number of thiophene rings is 1. The summed E-state index contributed by atoms with van der Waals surface area (Å²) in [6.45, 7) is 0. The van der Waals surface area contributed by atoms with E-state index in [1.807, 2.05) is 12.1 Å². The van der Waals surface area contributed by atoms with E-state index in [-0.39, 0.29) is 5.56 Å². The molecule has 0 aliphatic heterocycles. The summed E-state index contributed by atoms with van der Waals surface area (Å²) in [5.41, 5.74) is 0.248. The molecule has 1 heterocycles. The van der Waals surface area contributed by atoms with Crippen LogP contribution in [0.15, 0.2) is 29.6 Å². The number of carbonyl (C=O) groups is 1. The van der Waals surface area contributed by atoms with E-state index in [2.05, 4.69) is 0 Å². The Kier molecular flexibility index (Phi) is 2.21. The lowest BCUT2D eigenvalue weighted by Gasteiger charge is -2.00. The summed E-state index contributed by atoms with van der Waals surface area (Å²) in [5, 5.41) is 10.8. The van der Waals surface area contributed by atoms with Crippen LogP contribution in [0.1, 0.15) is 11.7 Å². The van der Waals surface area contributed by atoms with Gasteiger partial charge in [-0.1, -0.05) is 18.2 Å². The number of aliphatic carboxylic acids is 1. The minimum absolute atomic E-state index is 0.248. The molecule has 0 aliphatic rings. The molecule has 0 bridgehead atoms. The fourth-order valence-electron chi connectivity index (χ4n) is 1.33. The number of halogens is 1. The third kappa shape index (κ3) is 1.37. The molecule has 0 radical (unpaired) electrons. The molecule has 1 unspecified atom stereocenters. The van der Waals surface area contributed by atoms with Crippen molar-refractivity contribution in [2.75, 3.05) is 0 Å². The van der Waals surface area contributed by atoms with Gasteiger partial charge < -0.3 is 5.11 Å². The molecule has 1 aromatic carbocycles. The number of hydrogen-bond donors (Lipinski definition) is 1. The highest BCUT2D eigenvalue weighted by Gasteiger charge is 2.21. The van der Waals surface area contributed by atoms with Crippen molar-refractivity contribution in [3.63, 3.8) is 0 Å². The summed E-state index contributed by atoms with van der Waals surface area (Å²) in [6.07, 6.45) is -1.92. The molecule has 1 N–H and O–H groups in total. The highest BCUT2D eigenvalue weighted by atomic mass is 32.1. The van der Waals surface area contributed by atoms with Gasteiger partial charge in [-0.05, 0) is 16.8 Å². The molecular formula is C10H7FO2S. The fraction of sp³-hybridized carbons (Fsp3) is 0.100. The minimum Gasteiger partial charge on any atom is -0.479 e. The molecule has 4 heteroatoms. The van der Waals surface area contributed by atoms with E-state index < -0.39 is 12.1 Å². The number of hydrogen-bond acceptors (Lipinski definition) is 2. The smallest absolute Gasteiger partial charge is 0.343 e. The van der Waals surface area contributed by atoms with E-state index in [4.69, 9.17) is 5.11 Å². The Morgan fingerprint density at radius 1 is 1.43 bits per heavy atom. The summed E-state index contributed by atoms with van der Waals surface area (Å²) in [4.78, 5) is 10.5. The van der Waals surface area contributed by atoms with E-state index in [1.165, 1.54) is 11.3 Å². The lowest BCUT2D eigenvalue weighted by atomic mass is 10.1. The zero-order valence-electron chi connectivity index (χ0n) is 7.11. The van der Waals surface area contributed by atoms with Gasteiger partial charge in [0.05, 0.1) is 0 Å². The minimum atomic E-state index is -1.92. The molecule has 0 spiro atoms. The second-order valence-electron chi connectivity index (χ2n) is 2.89. The van der Waals surface area contributed by atoms with Crippen LogP contribution in [0.3, 0.4) is 0 Å². The maximum absolute atomic E-state index is 13.2. The van der Waals surface area contributed by atoms with Gasteiger partial charge >= 0.3 is 5.97 Å². The topological polar surface area (TPSA) is 37.3 Å². The van der Waals surface area contributed by atoms with Crippen LogP contribution in [-0.4, -0.2) is 11.1 Å². The number of rotatable bonds is 2. The quantitative estimate of drug-likeness (QED) is 0.827. The lowest BCUT2D eigenvalue weighted by Crippen LogP contribution is -2.04. The van der Waals surface area contributed by atoms with Gasteiger partial charge in [0.15, 0.2) is 0 Å². The number of carboxylic acid groups (broad SMARTS) is 1. The van der Waals surface area contributed by atoms with E-state index in [1.54, 1.807) is 17.5 Å². The molecule has 1 atom stereocenters. The highest BCUT2D eigenvalue weighted by Crippen LogP contribution is 2.31. The predicted molar refractivity (Wildman–Crippen MR) is 53.3 cm³/mol. The molecule has 1 aromatic heterocycles. The zero-order chi connectivity index (χ0) is 10.1. The average Bonchev–Trinajstić information content (AvgIpc) is 2.60. The Hall–Kier alpha value is -1.42. The van der Waals surface area contributed by atoms with Gasteiger partial charge in [0.1, 0.15) is 0 Å². The van der Waals surface area contributed by atoms with Crippen molar-refractivity contribution < 1.29 is 14.3 Å². The van der Waals surface area contributed by atoms with Crippen LogP contribution in [0.2, 0.25) is 0 Å². The molecule has 0 amide bonds. The molecule has 72 valence electrons. The van der Waals surface area contributed by atoms with Crippen LogP contribution in [0.25, 0.3) is 10.1 Å². The first kappa shape index (κ1) is 9.15. The monoisotopic (exact) mass is 210 g/mol. The number of fused-ring (bicyclic) bond motifs is 1. The molecule has 0 fully saturated rings. The van der Waals surface area contributed by atoms with Crippen LogP contribution in [0.4, 0.5) is 4.39 Å². The van der Waals surface area contributed by atoms with Crippen LogP contribution < -0.4 is 0 Å². The normalized spacial score (nSPS) is 12.9. The van der Waals surface area contributed by atoms with E-state index in [0.29, 0.717) is 5.39 Å². The van der Waals surface area contributed by atoms with E-state index in [0.717, 1.165) is 4.70 Å². The average molecular weight is 210 g/mol. The van der Waals surface area contributed by atoms with Crippen molar-refractivity contribution in [1.82, 2.24) is 0 Å². The Morgan fingerprint density at radius 2 is 2.14 bits per heavy atom. The van der Waals surface area contributed by atoms with Gasteiger partial charge in [-0.25, -0.2) is 9.18 Å². The first-order valence-electron chi connectivity index (χ1n) is 4.03. The van der Waals surface area contributed by atoms with E-state index in [9.17, 15) is 9.18 Å². The molecule has 2 aromatic rings. The zero-order valence-corrected chi connectivity index (χ0v) is 7.92. The number of benzene rings is 1. The third-order valence-electron chi connectivity index (χ3n) is 2.00. The summed E-state index contributed by atoms with van der Waals surface area (Å²) in [7, 11) is 0. The van der Waals surface area contributed by atoms with Crippen molar-refractivity contribution in [1.29, 1.82) is 0 Å². The molecular weight excluding hydrogens is 203 g/mol. The van der Waals surface area contributed by atoms with Crippen molar-refractivity contribution in [3.8, 4) is 0 Å². The van der Waals surface area contributed by atoms with Gasteiger partial charge in [0.25, 0.3) is 0 Å². The van der Waals surface area contributed by atoms with Crippen LogP contribution in [0.5, 0.6) is 0 Å². The lowest BCUT2D eigenvalue weighted by molar-refractivity contribution is -0.142. The van der Waals surface area contributed by atoms with Gasteiger partial charge in [-0.15, -0.1) is 11.3 Å². The van der Waals surface area contributed by atoms with Crippen LogP contribution in [-0.2, 0) is 4.79 Å². The van der Waals surface area contributed by atoms with E-state index >= 15 is 0 Å². The third-order valence-corrected chi connectivity index (χ3v) is 2.98. The van der Waals surface area contributed by atoms with Crippen molar-refractivity contribution in [2.24, 2.45) is 0 Å². The Bertz CT molecular complexity index is 478. The Morgan fingerprint density at radius 3 is 2.86 bits per heavy atom. The molecule has 0 aliphatic carbocycles. The molecule has 2 rings (SSSR count). The standard InChI is InChI=1S/C10H7FO2S/c11-9(10(12)13)7-5-14-8-4-2-1-3-6(7)8/h1-5,9H,(H,12,13). The second kappa shape index (κ2) is 3.38. The molecule has 0 saturated carbocycles. The first-order chi connectivity index (χ1) is 6.70. The SMILES string of the molecule is O=C(O)C(F)c1csc2ccccc12. The van der Waals surface area contributed by atoms with Gasteiger partial charge in [-0.3, -0.25) is 0 Å². The Labute approximate surface area is 83.6 Å². The Balaban J connectivity index is 2.58. The summed E-state index contributed by atoms with van der Waals surface area (Å²) in [6, 6.07) is 7.19. The largest absolute Gasteiger partial charge is 0.479 e. The maximum atomic E-state index is 13.2. The first-order valence-corrected chi connectivity index (χ1v) is 4.91. The van der Waals surface area contributed by atoms with Crippen LogP contribution in [0, 0.1) is 0 Å². The molecule has 0 saturated heterocycles. The van der Waals surface area contributed by atoms with Gasteiger partial charge in [0.2, 0.25) is 6.17 Å². The summed E-state index contributed by atoms with van der Waals surface area (Å²) >= 11 is 1.36. The van der Waals surface area contributed by atoms with Crippen LogP contribution >= 0.6 is 11.3 Å². The van der Waals surface area contributed by atoms with Crippen molar-refractivity contribution in [2.45, 2.75) is 6.17 Å². The van der Waals surface area contributed by atoms with Crippen molar-refractivity contribution >= 4 is 27.4 Å². The second-order valence-corrected chi connectivity index (χ2v) is 3.80. The highest BCUT2D eigenvalue weighted by molar-refractivity contribution is 7.17. The van der Waals surface area contributed by atoms with Crippen molar-refractivity contribution in [3.05, 3.63) is 35.2 Å². The number of alkyl halides is 1. The maximum Gasteiger partial charge on any atom is 0.343 e. The molecule has 2 nitrogen and oxygen atoms in total. The molecule has 14 heavy (non-hydrogen) atoms. The summed E-state index contributed by atoms with van der Waals surface area (Å²) < 4.78 is 14.1. The fourth-order valence-corrected chi connectivity index (χ4v) is 2.30. The predicted octanol–water partition coefficient (Wildman–Crippen LogP) is 3.00. The van der Waals surface area contributed by atoms with Gasteiger partial charge in [0, 0.05) is 10.3 Å². The summed E-state index contributed by atoms with van der Waals surface area (Å²) in [5.74, 6) is -1.44. The van der Waals surface area contributed by atoms with Gasteiger partial charge in [-0.2, -0.15) is 0 Å².